The SMILES string of the molecule is CCCCNC(=O)[C@H](Cc1ccccc1)N(Cc1ccccc1)C(=O)CCCN(c1ccc(C)cc1)S(C)(=O)=O. The number of nitrogens with zero attached hydrogens (tertiary/aromatic N) is 2. The predicted molar refractivity (Wildman–Crippen MR) is 161 cm³/mol. The number of hydrogen-bond donors (Lipinski definition) is 1. The van der Waals surface area contributed by atoms with E-state index in [1.54, 1.807) is 17.0 Å². The maximum absolute atomic E-state index is 13.8. The number of benzene rings is 3. The van der Waals surface area contributed by atoms with E-state index >= 15 is 0 Å². The number of aryl methyl sites for hydroxylation is 1. The molecular weight excluding hydrogens is 522 g/mol. The van der Waals surface area contributed by atoms with Crippen molar-refractivity contribution in [3.63, 3.8) is 0 Å². The quantitative estimate of drug-likeness (QED) is 0.261. The smallest absolute Gasteiger partial charge is 0.243 e. The summed E-state index contributed by atoms with van der Waals surface area (Å²) in [6.07, 6.45) is 3.80. The molecule has 0 saturated carbocycles. The molecule has 0 saturated heterocycles. The Balaban J connectivity index is 1.84. The first-order chi connectivity index (χ1) is 19.2. The maximum Gasteiger partial charge on any atom is 0.243 e. The van der Waals surface area contributed by atoms with Crippen molar-refractivity contribution in [1.82, 2.24) is 10.2 Å². The summed E-state index contributed by atoms with van der Waals surface area (Å²) < 4.78 is 26.5. The topological polar surface area (TPSA) is 86.8 Å². The Morgan fingerprint density at radius 1 is 0.850 bits per heavy atom. The van der Waals surface area contributed by atoms with Gasteiger partial charge >= 0.3 is 0 Å². The molecule has 3 aromatic carbocycles. The number of sulfonamides is 1. The lowest BCUT2D eigenvalue weighted by atomic mass is 10.0. The number of carbonyl (C=O) groups is 2. The Labute approximate surface area is 239 Å². The highest BCUT2D eigenvalue weighted by molar-refractivity contribution is 7.92. The third-order valence-corrected chi connectivity index (χ3v) is 7.96. The van der Waals surface area contributed by atoms with Crippen LogP contribution in [-0.2, 0) is 32.6 Å². The van der Waals surface area contributed by atoms with Crippen LogP contribution in [0.2, 0.25) is 0 Å². The molecule has 0 radical (unpaired) electrons. The van der Waals surface area contributed by atoms with Crippen LogP contribution in [0.15, 0.2) is 84.9 Å². The van der Waals surface area contributed by atoms with Crippen molar-refractivity contribution >= 4 is 27.5 Å². The molecule has 1 atom stereocenters. The number of anilines is 1. The first-order valence-corrected chi connectivity index (χ1v) is 15.7. The molecule has 0 unspecified atom stereocenters. The molecule has 1 N–H and O–H groups in total. The summed E-state index contributed by atoms with van der Waals surface area (Å²) in [5.74, 6) is -0.369. The van der Waals surface area contributed by atoms with Crippen LogP contribution in [0.3, 0.4) is 0 Å². The van der Waals surface area contributed by atoms with Gasteiger partial charge in [0, 0.05) is 32.5 Å². The van der Waals surface area contributed by atoms with Gasteiger partial charge in [-0.3, -0.25) is 13.9 Å². The highest BCUT2D eigenvalue weighted by Crippen LogP contribution is 2.20. The van der Waals surface area contributed by atoms with Crippen molar-refractivity contribution in [3.8, 4) is 0 Å². The van der Waals surface area contributed by atoms with E-state index in [-0.39, 0.29) is 31.3 Å². The molecule has 0 heterocycles. The van der Waals surface area contributed by atoms with Gasteiger partial charge in [-0.2, -0.15) is 0 Å². The van der Waals surface area contributed by atoms with Gasteiger partial charge in [0.1, 0.15) is 6.04 Å². The first-order valence-electron chi connectivity index (χ1n) is 13.9. The van der Waals surface area contributed by atoms with Gasteiger partial charge in [-0.15, -0.1) is 0 Å². The second-order valence-corrected chi connectivity index (χ2v) is 12.0. The van der Waals surface area contributed by atoms with Crippen LogP contribution in [0.1, 0.15) is 49.3 Å². The standard InChI is InChI=1S/C32H41N3O4S/c1-4-5-22-33-32(37)30(24-27-13-8-6-9-14-27)34(25-28-15-10-7-11-16-28)31(36)17-12-23-35(40(3,38)39)29-20-18-26(2)19-21-29/h6-11,13-16,18-21,30H,4-5,12,17,22-25H2,1-3H3,(H,33,37)/t30-/m0/s1. The van der Waals surface area contributed by atoms with Crippen LogP contribution in [0.4, 0.5) is 5.69 Å². The van der Waals surface area contributed by atoms with E-state index < -0.39 is 16.1 Å². The van der Waals surface area contributed by atoms with E-state index in [0.29, 0.717) is 25.1 Å². The summed E-state index contributed by atoms with van der Waals surface area (Å²) in [5, 5.41) is 3.02. The number of nitrogens with one attached hydrogen (secondary N) is 1. The lowest BCUT2D eigenvalue weighted by Gasteiger charge is -2.32. The van der Waals surface area contributed by atoms with Crippen LogP contribution in [0.5, 0.6) is 0 Å². The van der Waals surface area contributed by atoms with Gasteiger partial charge < -0.3 is 10.2 Å². The largest absolute Gasteiger partial charge is 0.354 e. The van der Waals surface area contributed by atoms with E-state index in [2.05, 4.69) is 12.2 Å². The monoisotopic (exact) mass is 563 g/mol. The summed E-state index contributed by atoms with van der Waals surface area (Å²) in [6.45, 7) is 5.01. The Hall–Kier alpha value is -3.65. The van der Waals surface area contributed by atoms with E-state index in [9.17, 15) is 18.0 Å². The molecule has 3 aromatic rings. The van der Waals surface area contributed by atoms with Crippen LogP contribution in [0, 0.1) is 6.92 Å². The van der Waals surface area contributed by atoms with Crippen molar-refractivity contribution in [1.29, 1.82) is 0 Å². The second-order valence-electron chi connectivity index (χ2n) is 10.1. The molecule has 0 fully saturated rings. The summed E-state index contributed by atoms with van der Waals surface area (Å²) in [6, 6.07) is 25.9. The Morgan fingerprint density at radius 3 is 2.02 bits per heavy atom. The molecule has 0 spiro atoms. The molecule has 8 heteroatoms. The molecule has 2 amide bonds. The molecule has 0 bridgehead atoms. The average molecular weight is 564 g/mol. The fourth-order valence-corrected chi connectivity index (χ4v) is 5.52. The fraction of sp³-hybridized carbons (Fsp3) is 0.375. The van der Waals surface area contributed by atoms with E-state index in [0.717, 1.165) is 29.5 Å². The highest BCUT2D eigenvalue weighted by Gasteiger charge is 2.30. The van der Waals surface area contributed by atoms with Crippen molar-refractivity contribution in [3.05, 3.63) is 102 Å². The number of unbranched alkanes of at least 4 members (excludes halogenated alkanes) is 1. The van der Waals surface area contributed by atoms with Crippen molar-refractivity contribution in [2.75, 3.05) is 23.7 Å². The van der Waals surface area contributed by atoms with E-state index in [1.165, 1.54) is 10.6 Å². The molecule has 0 aliphatic heterocycles. The number of rotatable bonds is 15. The van der Waals surface area contributed by atoms with Crippen molar-refractivity contribution in [2.45, 2.75) is 58.5 Å². The predicted octanol–water partition coefficient (Wildman–Crippen LogP) is 5.10. The molecule has 40 heavy (non-hydrogen) atoms. The second kappa shape index (κ2) is 15.2. The molecule has 0 aromatic heterocycles. The number of hydrogen-bond acceptors (Lipinski definition) is 4. The van der Waals surface area contributed by atoms with Gasteiger partial charge in [0.15, 0.2) is 0 Å². The Bertz CT molecular complexity index is 1310. The minimum atomic E-state index is -3.54. The minimum Gasteiger partial charge on any atom is -0.354 e. The minimum absolute atomic E-state index is 0.109. The van der Waals surface area contributed by atoms with Gasteiger partial charge in [0.25, 0.3) is 0 Å². The summed E-state index contributed by atoms with van der Waals surface area (Å²) in [5.41, 5.74) is 3.49. The van der Waals surface area contributed by atoms with Gasteiger partial charge in [-0.05, 0) is 43.0 Å². The molecule has 3 rings (SSSR count). The lowest BCUT2D eigenvalue weighted by molar-refractivity contribution is -0.141. The van der Waals surface area contributed by atoms with Gasteiger partial charge in [0.05, 0.1) is 11.9 Å². The summed E-state index contributed by atoms with van der Waals surface area (Å²) in [4.78, 5) is 28.9. The van der Waals surface area contributed by atoms with Gasteiger partial charge in [-0.25, -0.2) is 8.42 Å². The van der Waals surface area contributed by atoms with Crippen molar-refractivity contribution < 1.29 is 18.0 Å². The van der Waals surface area contributed by atoms with Crippen LogP contribution in [-0.4, -0.2) is 50.5 Å². The van der Waals surface area contributed by atoms with Crippen LogP contribution >= 0.6 is 0 Å². The maximum atomic E-state index is 13.8. The Morgan fingerprint density at radius 2 is 1.45 bits per heavy atom. The number of amides is 2. The zero-order chi connectivity index (χ0) is 29.0. The van der Waals surface area contributed by atoms with E-state index in [4.69, 9.17) is 0 Å². The van der Waals surface area contributed by atoms with Crippen LogP contribution < -0.4 is 9.62 Å². The zero-order valence-electron chi connectivity index (χ0n) is 23.8. The van der Waals surface area contributed by atoms with Crippen molar-refractivity contribution in [2.24, 2.45) is 0 Å². The molecule has 0 aliphatic carbocycles. The third kappa shape index (κ3) is 9.52. The molecular formula is C32H41N3O4S. The lowest BCUT2D eigenvalue weighted by Crippen LogP contribution is -2.50. The van der Waals surface area contributed by atoms with Crippen LogP contribution in [0.25, 0.3) is 0 Å². The molecule has 214 valence electrons. The van der Waals surface area contributed by atoms with Gasteiger partial charge in [0.2, 0.25) is 21.8 Å². The first kappa shape index (κ1) is 30.9. The average Bonchev–Trinajstić information content (AvgIpc) is 2.94. The van der Waals surface area contributed by atoms with E-state index in [1.807, 2.05) is 79.7 Å². The Kier molecular flexibility index (Phi) is 11.8. The summed E-state index contributed by atoms with van der Waals surface area (Å²) >= 11 is 0. The molecule has 7 nitrogen and oxygen atoms in total. The normalized spacial score (nSPS) is 12.0. The third-order valence-electron chi connectivity index (χ3n) is 6.77. The zero-order valence-corrected chi connectivity index (χ0v) is 24.6. The summed E-state index contributed by atoms with van der Waals surface area (Å²) in [7, 11) is -3.54. The highest BCUT2D eigenvalue weighted by atomic mass is 32.2. The number of carbonyl (C=O) groups excluding carboxylic acids is 2. The molecule has 0 aliphatic rings. The fourth-order valence-electron chi connectivity index (χ4n) is 4.56. The van der Waals surface area contributed by atoms with Gasteiger partial charge in [-0.1, -0.05) is 91.7 Å².